The number of nitrogens with one attached hydrogen (secondary N) is 5. The van der Waals surface area contributed by atoms with E-state index in [4.69, 9.17) is 11.5 Å². The van der Waals surface area contributed by atoms with Gasteiger partial charge in [-0.05, 0) is 56.2 Å². The number of benzene rings is 1. The van der Waals surface area contributed by atoms with E-state index < -0.39 is 71.8 Å². The summed E-state index contributed by atoms with van der Waals surface area (Å²) < 4.78 is 0. The van der Waals surface area contributed by atoms with Crippen LogP contribution in [0, 0.1) is 11.8 Å². The number of para-hydroxylation sites is 1. The van der Waals surface area contributed by atoms with Crippen LogP contribution in [0.3, 0.4) is 0 Å². The lowest BCUT2D eigenvalue weighted by Gasteiger charge is -2.29. The summed E-state index contributed by atoms with van der Waals surface area (Å²) in [6.07, 6.45) is 1.39. The lowest BCUT2D eigenvalue weighted by Crippen LogP contribution is -2.61. The summed E-state index contributed by atoms with van der Waals surface area (Å²) in [7, 11) is 0. The molecule has 0 spiro atoms. The molecule has 1 aromatic heterocycles. The number of carbonyl (C=O) groups is 5. The topological polar surface area (TPSA) is 242 Å². The number of carbonyl (C=O) groups excluding carboxylic acids is 4. The Balaban J connectivity index is 2.17. The van der Waals surface area contributed by atoms with Crippen molar-refractivity contribution in [2.45, 2.75) is 96.6 Å². The van der Waals surface area contributed by atoms with Crippen molar-refractivity contribution in [1.82, 2.24) is 26.3 Å². The molecule has 0 aliphatic rings. The Hall–Kier alpha value is -4.01. The van der Waals surface area contributed by atoms with Gasteiger partial charge in [0.2, 0.25) is 23.6 Å². The molecule has 6 atom stereocenters. The maximum Gasteiger partial charge on any atom is 0.326 e. The Bertz CT molecular complexity index is 1310. The Morgan fingerprint density at radius 3 is 2.02 bits per heavy atom. The zero-order chi connectivity index (χ0) is 33.8. The standard InChI is InChI=1S/C31H49N7O7/c1-16(2)13-23(28(41)36-24(31(44)45)14-19-15-34-22-11-7-6-9-20(19)22)35-29(42)25(17(3)4)37-30(43)26(18(5)39)38-27(40)21(33)10-8-12-32/h6-7,9,11,15-18,21,23-26,34,39H,8,10,12-14,32-33H2,1-5H3,(H,35,42)(H,36,41)(H,37,43)(H,38,40)(H,44,45)/t18-,21+,23+,24+,25+,26+/m1/s1. The number of rotatable bonds is 18. The number of aliphatic hydroxyl groups excluding tert-OH is 1. The molecule has 0 aliphatic heterocycles. The minimum Gasteiger partial charge on any atom is -0.480 e. The van der Waals surface area contributed by atoms with Gasteiger partial charge < -0.3 is 47.9 Å². The van der Waals surface area contributed by atoms with E-state index in [1.807, 2.05) is 38.1 Å². The number of carboxylic acid groups (broad SMARTS) is 1. The molecule has 1 aromatic carbocycles. The van der Waals surface area contributed by atoms with Crippen LogP contribution >= 0.6 is 0 Å². The molecule has 0 saturated heterocycles. The van der Waals surface area contributed by atoms with E-state index in [1.54, 1.807) is 20.0 Å². The first-order valence-electron chi connectivity index (χ1n) is 15.3. The minimum atomic E-state index is -1.40. The highest BCUT2D eigenvalue weighted by molar-refractivity contribution is 5.96. The highest BCUT2D eigenvalue weighted by Crippen LogP contribution is 2.19. The number of aromatic amines is 1. The van der Waals surface area contributed by atoms with Crippen LogP contribution < -0.4 is 32.7 Å². The highest BCUT2D eigenvalue weighted by atomic mass is 16.4. The van der Waals surface area contributed by atoms with Gasteiger partial charge >= 0.3 is 5.97 Å². The third kappa shape index (κ3) is 11.1. The Labute approximate surface area is 263 Å². The second kappa shape index (κ2) is 17.5. The quantitative estimate of drug-likeness (QED) is 0.106. The summed E-state index contributed by atoms with van der Waals surface area (Å²) >= 11 is 0. The van der Waals surface area contributed by atoms with Gasteiger partial charge in [0.1, 0.15) is 24.2 Å². The largest absolute Gasteiger partial charge is 0.480 e. The van der Waals surface area contributed by atoms with Crippen LogP contribution in [-0.2, 0) is 30.4 Å². The summed E-state index contributed by atoms with van der Waals surface area (Å²) in [5.74, 6) is -4.57. The van der Waals surface area contributed by atoms with Gasteiger partial charge in [-0.2, -0.15) is 0 Å². The van der Waals surface area contributed by atoms with E-state index in [0.717, 1.165) is 10.9 Å². The maximum atomic E-state index is 13.5. The average molecular weight is 632 g/mol. The number of carboxylic acids is 1. The monoisotopic (exact) mass is 631 g/mol. The second-order valence-electron chi connectivity index (χ2n) is 12.1. The summed E-state index contributed by atoms with van der Waals surface area (Å²) in [4.78, 5) is 67.8. The van der Waals surface area contributed by atoms with Crippen molar-refractivity contribution in [3.8, 4) is 0 Å². The lowest BCUT2D eigenvalue weighted by molar-refractivity contribution is -0.142. The predicted octanol–water partition coefficient (Wildman–Crippen LogP) is -0.117. The van der Waals surface area contributed by atoms with Crippen LogP contribution in [-0.4, -0.2) is 87.7 Å². The highest BCUT2D eigenvalue weighted by Gasteiger charge is 2.34. The molecule has 2 aromatic rings. The third-order valence-corrected chi connectivity index (χ3v) is 7.42. The Morgan fingerprint density at radius 2 is 1.44 bits per heavy atom. The van der Waals surface area contributed by atoms with E-state index in [2.05, 4.69) is 26.3 Å². The minimum absolute atomic E-state index is 0.0143. The molecule has 1 heterocycles. The molecule has 14 heteroatoms. The van der Waals surface area contributed by atoms with E-state index in [-0.39, 0.29) is 25.2 Å². The summed E-state index contributed by atoms with van der Waals surface area (Å²) in [6.45, 7) is 8.72. The average Bonchev–Trinajstić information content (AvgIpc) is 3.38. The fourth-order valence-electron chi connectivity index (χ4n) is 4.87. The predicted molar refractivity (Wildman–Crippen MR) is 170 cm³/mol. The molecule has 0 aliphatic carbocycles. The van der Waals surface area contributed by atoms with Crippen LogP contribution in [0.2, 0.25) is 0 Å². The van der Waals surface area contributed by atoms with Crippen LogP contribution in [0.15, 0.2) is 30.5 Å². The third-order valence-electron chi connectivity index (χ3n) is 7.42. The maximum absolute atomic E-state index is 13.5. The molecule has 0 fully saturated rings. The van der Waals surface area contributed by atoms with Gasteiger partial charge in [-0.25, -0.2) is 4.79 Å². The second-order valence-corrected chi connectivity index (χ2v) is 12.1. The van der Waals surface area contributed by atoms with Gasteiger partial charge in [0.05, 0.1) is 12.1 Å². The van der Waals surface area contributed by atoms with Crippen molar-refractivity contribution in [3.63, 3.8) is 0 Å². The molecule has 14 nitrogen and oxygen atoms in total. The summed E-state index contributed by atoms with van der Waals surface area (Å²) in [5.41, 5.74) is 12.9. The van der Waals surface area contributed by atoms with Crippen molar-refractivity contribution in [2.75, 3.05) is 6.54 Å². The first-order valence-corrected chi connectivity index (χ1v) is 15.3. The van der Waals surface area contributed by atoms with Crippen molar-refractivity contribution in [2.24, 2.45) is 23.3 Å². The van der Waals surface area contributed by atoms with Crippen LogP contribution in [0.25, 0.3) is 10.9 Å². The summed E-state index contributed by atoms with van der Waals surface area (Å²) in [6, 6.07) is 1.55. The number of nitrogens with two attached hydrogens (primary N) is 2. The number of amides is 4. The van der Waals surface area contributed by atoms with Crippen molar-refractivity contribution in [3.05, 3.63) is 36.0 Å². The molecule has 2 rings (SSSR count). The smallest absolute Gasteiger partial charge is 0.326 e. The Morgan fingerprint density at radius 1 is 0.844 bits per heavy atom. The summed E-state index contributed by atoms with van der Waals surface area (Å²) in [5, 5.41) is 31.2. The molecule has 0 bridgehead atoms. The van der Waals surface area contributed by atoms with Gasteiger partial charge in [-0.1, -0.05) is 45.9 Å². The van der Waals surface area contributed by atoms with E-state index in [0.29, 0.717) is 18.5 Å². The Kier molecular flexibility index (Phi) is 14.4. The number of aliphatic carboxylic acids is 1. The number of hydrogen-bond acceptors (Lipinski definition) is 8. The van der Waals surface area contributed by atoms with Gasteiger partial charge in [-0.3, -0.25) is 19.2 Å². The molecule has 0 saturated carbocycles. The van der Waals surface area contributed by atoms with Crippen LogP contribution in [0.5, 0.6) is 0 Å². The fourth-order valence-corrected chi connectivity index (χ4v) is 4.87. The molecule has 45 heavy (non-hydrogen) atoms. The lowest BCUT2D eigenvalue weighted by atomic mass is 9.98. The van der Waals surface area contributed by atoms with Crippen LogP contribution in [0.1, 0.15) is 59.4 Å². The van der Waals surface area contributed by atoms with E-state index in [9.17, 15) is 34.2 Å². The first kappa shape index (κ1) is 37.2. The molecule has 250 valence electrons. The number of aliphatic hydroxyl groups is 1. The zero-order valence-corrected chi connectivity index (χ0v) is 26.6. The van der Waals surface area contributed by atoms with Gasteiger partial charge in [0, 0.05) is 23.5 Å². The normalized spacial score (nSPS) is 15.5. The van der Waals surface area contributed by atoms with E-state index in [1.165, 1.54) is 6.92 Å². The van der Waals surface area contributed by atoms with Crippen LogP contribution in [0.4, 0.5) is 0 Å². The first-order chi connectivity index (χ1) is 21.2. The number of fused-ring (bicyclic) bond motifs is 1. The number of hydrogen-bond donors (Lipinski definition) is 9. The van der Waals surface area contributed by atoms with Crippen molar-refractivity contribution in [1.29, 1.82) is 0 Å². The number of H-pyrrole nitrogens is 1. The molecular formula is C31H49N7O7. The van der Waals surface area contributed by atoms with E-state index >= 15 is 0 Å². The van der Waals surface area contributed by atoms with Gasteiger partial charge in [-0.15, -0.1) is 0 Å². The van der Waals surface area contributed by atoms with Gasteiger partial charge in [0.25, 0.3) is 0 Å². The molecule has 11 N–H and O–H groups in total. The number of aromatic nitrogens is 1. The fraction of sp³-hybridized carbons (Fsp3) is 0.581. The molecular weight excluding hydrogens is 582 g/mol. The van der Waals surface area contributed by atoms with Gasteiger partial charge in [0.15, 0.2) is 0 Å². The van der Waals surface area contributed by atoms with Crippen molar-refractivity contribution >= 4 is 40.5 Å². The SMILES string of the molecule is CC(C)C[C@H](NC(=O)[C@@H](NC(=O)[C@@H](NC(=O)[C@@H](N)CCCN)[C@@H](C)O)C(C)C)C(=O)N[C@@H](Cc1c[nH]c2ccccc12)C(=O)O. The van der Waals surface area contributed by atoms with Crippen molar-refractivity contribution < 1.29 is 34.2 Å². The zero-order valence-electron chi connectivity index (χ0n) is 26.6. The molecule has 0 unspecified atom stereocenters. The molecule has 4 amide bonds. The molecule has 0 radical (unpaired) electrons.